The number of hydrogen-bond acceptors (Lipinski definition) is 3. The van der Waals surface area contributed by atoms with Crippen LogP contribution in [0, 0.1) is 17.7 Å². The number of pyridine rings is 1. The van der Waals surface area contributed by atoms with Crippen molar-refractivity contribution in [2.75, 3.05) is 0 Å². The number of hydrazine groups is 1. The van der Waals surface area contributed by atoms with Gasteiger partial charge in [0.1, 0.15) is 5.82 Å². The van der Waals surface area contributed by atoms with E-state index in [1.165, 1.54) is 12.1 Å². The summed E-state index contributed by atoms with van der Waals surface area (Å²) >= 11 is 0. The Hall–Kier alpha value is -2.70. The van der Waals surface area contributed by atoms with Crippen LogP contribution in [-0.2, 0) is 4.79 Å². The number of benzene rings is 1. The lowest BCUT2D eigenvalue weighted by Gasteiger charge is -2.32. The molecular formula is C19H22FN3O3. The lowest BCUT2D eigenvalue weighted by atomic mass is 9.73. The Morgan fingerprint density at radius 3 is 2.62 bits per heavy atom. The van der Waals surface area contributed by atoms with Crippen LogP contribution in [0.2, 0.25) is 0 Å². The summed E-state index contributed by atoms with van der Waals surface area (Å²) in [6.45, 7) is 1.82. The Morgan fingerprint density at radius 2 is 1.92 bits per heavy atom. The van der Waals surface area contributed by atoms with Gasteiger partial charge in [0.05, 0.1) is 5.52 Å². The minimum Gasteiger partial charge on any atom is -0.464 e. The predicted molar refractivity (Wildman–Crippen MR) is 94.9 cm³/mol. The number of halogens is 1. The lowest BCUT2D eigenvalue weighted by Crippen LogP contribution is -2.45. The van der Waals surface area contributed by atoms with E-state index >= 15 is 0 Å². The molecule has 2 amide bonds. The molecule has 0 radical (unpaired) electrons. The lowest BCUT2D eigenvalue weighted by molar-refractivity contribution is -0.127. The second kappa shape index (κ2) is 7.68. The van der Waals surface area contributed by atoms with Gasteiger partial charge in [-0.15, -0.1) is 0 Å². The van der Waals surface area contributed by atoms with Gasteiger partial charge >= 0.3 is 6.09 Å². The quantitative estimate of drug-likeness (QED) is 0.731. The molecule has 1 saturated carbocycles. The van der Waals surface area contributed by atoms with Crippen molar-refractivity contribution in [3.05, 3.63) is 41.8 Å². The molecule has 3 N–H and O–H groups in total. The first-order valence-corrected chi connectivity index (χ1v) is 8.78. The predicted octanol–water partition coefficient (Wildman–Crippen LogP) is 3.58. The Bertz CT molecular complexity index is 819. The van der Waals surface area contributed by atoms with Crippen LogP contribution in [0.15, 0.2) is 30.5 Å². The fraction of sp³-hybridized carbons (Fsp3) is 0.421. The second-order valence-electron chi connectivity index (χ2n) is 6.88. The number of carbonyl (C=O) groups excluding carboxylic acids is 1. The van der Waals surface area contributed by atoms with Crippen molar-refractivity contribution in [1.29, 1.82) is 0 Å². The van der Waals surface area contributed by atoms with Crippen molar-refractivity contribution < 1.29 is 19.1 Å². The molecule has 26 heavy (non-hydrogen) atoms. The van der Waals surface area contributed by atoms with E-state index in [4.69, 9.17) is 5.11 Å². The molecule has 1 aliphatic carbocycles. The van der Waals surface area contributed by atoms with E-state index in [0.717, 1.165) is 42.1 Å². The topological polar surface area (TPSA) is 91.3 Å². The summed E-state index contributed by atoms with van der Waals surface area (Å²) in [6, 6.07) is 6.61. The smallest absolute Gasteiger partial charge is 0.423 e. The molecule has 2 aromatic rings. The highest BCUT2D eigenvalue weighted by Gasteiger charge is 2.30. The van der Waals surface area contributed by atoms with E-state index in [9.17, 15) is 14.0 Å². The van der Waals surface area contributed by atoms with Crippen LogP contribution in [0.25, 0.3) is 10.9 Å². The van der Waals surface area contributed by atoms with Crippen LogP contribution >= 0.6 is 0 Å². The van der Waals surface area contributed by atoms with E-state index in [-0.39, 0.29) is 23.6 Å². The van der Waals surface area contributed by atoms with E-state index in [0.29, 0.717) is 5.92 Å². The third kappa shape index (κ3) is 3.92. The van der Waals surface area contributed by atoms with Crippen LogP contribution < -0.4 is 10.9 Å². The van der Waals surface area contributed by atoms with Crippen LogP contribution in [0.1, 0.15) is 44.1 Å². The Labute approximate surface area is 150 Å². The first-order valence-electron chi connectivity index (χ1n) is 8.78. The van der Waals surface area contributed by atoms with E-state index < -0.39 is 6.09 Å². The zero-order chi connectivity index (χ0) is 18.7. The maximum absolute atomic E-state index is 13.7. The van der Waals surface area contributed by atoms with Gasteiger partial charge in [0.2, 0.25) is 5.91 Å². The maximum Gasteiger partial charge on any atom is 0.423 e. The molecule has 7 heteroatoms. The second-order valence-corrected chi connectivity index (χ2v) is 6.88. The summed E-state index contributed by atoms with van der Waals surface area (Å²) in [7, 11) is 0. The number of amides is 2. The summed E-state index contributed by atoms with van der Waals surface area (Å²) in [5.74, 6) is -0.337. The van der Waals surface area contributed by atoms with Gasteiger partial charge in [-0.1, -0.05) is 6.92 Å². The molecule has 1 heterocycles. The minimum absolute atomic E-state index is 0.201. The highest BCUT2D eigenvalue weighted by Crippen LogP contribution is 2.40. The number of hydrogen-bond donors (Lipinski definition) is 3. The number of nitrogens with zero attached hydrogens (tertiary/aromatic N) is 1. The first-order chi connectivity index (χ1) is 12.5. The third-order valence-electron chi connectivity index (χ3n) is 5.36. The summed E-state index contributed by atoms with van der Waals surface area (Å²) in [4.78, 5) is 26.8. The molecule has 1 aromatic heterocycles. The molecule has 0 spiro atoms. The number of rotatable bonds is 3. The molecule has 3 rings (SSSR count). The average molecular weight is 359 g/mol. The molecule has 1 aromatic carbocycles. The van der Waals surface area contributed by atoms with Gasteiger partial charge in [-0.2, -0.15) is 0 Å². The van der Waals surface area contributed by atoms with Crippen LogP contribution in [0.3, 0.4) is 0 Å². The highest BCUT2D eigenvalue weighted by molar-refractivity contribution is 5.82. The number of aromatic nitrogens is 1. The summed E-state index contributed by atoms with van der Waals surface area (Å²) in [5, 5.41) is 9.42. The molecule has 1 fully saturated rings. The minimum atomic E-state index is -1.29. The van der Waals surface area contributed by atoms with Crippen LogP contribution in [0.5, 0.6) is 0 Å². The number of fused-ring (bicyclic) bond motifs is 1. The molecule has 0 bridgehead atoms. The highest BCUT2D eigenvalue weighted by atomic mass is 19.1. The molecule has 6 nitrogen and oxygen atoms in total. The Kier molecular flexibility index (Phi) is 5.35. The molecule has 138 valence electrons. The van der Waals surface area contributed by atoms with Gasteiger partial charge in [-0.25, -0.2) is 14.6 Å². The van der Waals surface area contributed by atoms with Crippen LogP contribution in [0.4, 0.5) is 9.18 Å². The SMILES string of the molecule is CC(C(=O)NNC(=O)O)C1CCC(c2ccnc3ccc(F)cc23)CC1. The van der Waals surface area contributed by atoms with Gasteiger partial charge in [0.15, 0.2) is 0 Å². The van der Waals surface area contributed by atoms with Gasteiger partial charge < -0.3 is 5.11 Å². The van der Waals surface area contributed by atoms with E-state index in [2.05, 4.69) is 10.4 Å². The van der Waals surface area contributed by atoms with Gasteiger partial charge in [-0.05, 0) is 67.3 Å². The summed E-state index contributed by atoms with van der Waals surface area (Å²) in [5.41, 5.74) is 6.01. The number of nitrogens with one attached hydrogen (secondary N) is 2. The van der Waals surface area contributed by atoms with E-state index in [1.54, 1.807) is 12.3 Å². The van der Waals surface area contributed by atoms with Crippen LogP contribution in [-0.4, -0.2) is 22.1 Å². The van der Waals surface area contributed by atoms with Crippen molar-refractivity contribution in [2.45, 2.75) is 38.5 Å². The Morgan fingerprint density at radius 1 is 1.19 bits per heavy atom. The maximum atomic E-state index is 13.7. The molecule has 1 aliphatic rings. The van der Waals surface area contributed by atoms with Gasteiger partial charge in [0.25, 0.3) is 0 Å². The normalized spacial score (nSPS) is 21.2. The Balaban J connectivity index is 1.66. The van der Waals surface area contributed by atoms with E-state index in [1.807, 2.05) is 18.4 Å². The number of carboxylic acid groups (broad SMARTS) is 1. The standard InChI is InChI=1S/C19H22FN3O3/c1-11(18(24)22-23-19(25)26)12-2-4-13(5-3-12)15-8-9-21-17-7-6-14(20)10-16(15)17/h6-13,23H,2-5H2,1H3,(H,22,24)(H,25,26). The van der Waals surface area contributed by atoms with Crippen molar-refractivity contribution in [3.63, 3.8) is 0 Å². The first kappa shape index (κ1) is 18.1. The van der Waals surface area contributed by atoms with Crippen molar-refractivity contribution in [3.8, 4) is 0 Å². The molecule has 0 aliphatic heterocycles. The molecule has 0 saturated heterocycles. The largest absolute Gasteiger partial charge is 0.464 e. The monoisotopic (exact) mass is 359 g/mol. The fourth-order valence-electron chi connectivity index (χ4n) is 3.87. The zero-order valence-corrected chi connectivity index (χ0v) is 14.5. The van der Waals surface area contributed by atoms with Crippen molar-refractivity contribution in [2.24, 2.45) is 11.8 Å². The summed E-state index contributed by atoms with van der Waals surface area (Å²) in [6.07, 6.45) is 4.02. The van der Waals surface area contributed by atoms with Gasteiger partial charge in [-0.3, -0.25) is 15.2 Å². The number of carbonyl (C=O) groups is 2. The van der Waals surface area contributed by atoms with Crippen molar-refractivity contribution in [1.82, 2.24) is 15.8 Å². The third-order valence-corrected chi connectivity index (χ3v) is 5.36. The van der Waals surface area contributed by atoms with Gasteiger partial charge in [0, 0.05) is 17.5 Å². The average Bonchev–Trinajstić information content (AvgIpc) is 2.65. The summed E-state index contributed by atoms with van der Waals surface area (Å²) < 4.78 is 13.7. The fourth-order valence-corrected chi connectivity index (χ4v) is 3.87. The van der Waals surface area contributed by atoms with Crippen molar-refractivity contribution >= 4 is 22.9 Å². The molecular weight excluding hydrogens is 337 g/mol. The molecule has 1 atom stereocenters. The zero-order valence-electron chi connectivity index (χ0n) is 14.5. The molecule has 1 unspecified atom stereocenters.